The number of piperidine rings is 1. The van der Waals surface area contributed by atoms with Crippen molar-refractivity contribution in [2.75, 3.05) is 136 Å². The molecule has 0 spiro atoms. The first-order valence-electron chi connectivity index (χ1n) is 20.6. The SMILES string of the molecule is CCCCNc1ccc(C(=O)OCCOCCOCCOCCOCCOCCOCCOCCOCCNc2cccc3c2C(=O)N(C2CCC(=O)NC2=O)C3=O)cc1. The topological polar surface area (TPSA) is 208 Å². The molecule has 332 valence electrons. The molecular formula is C42H60N4O14. The first-order chi connectivity index (χ1) is 29.4. The minimum Gasteiger partial charge on any atom is -0.460 e. The van der Waals surface area contributed by atoms with Crippen LogP contribution in [-0.2, 0) is 52.2 Å². The Bertz CT molecular complexity index is 1610. The van der Waals surface area contributed by atoms with Crippen molar-refractivity contribution < 1.29 is 66.6 Å². The molecule has 60 heavy (non-hydrogen) atoms. The highest BCUT2D eigenvalue weighted by molar-refractivity contribution is 6.25. The van der Waals surface area contributed by atoms with E-state index < -0.39 is 29.7 Å². The monoisotopic (exact) mass is 844 g/mol. The summed E-state index contributed by atoms with van der Waals surface area (Å²) in [7, 11) is 0. The van der Waals surface area contributed by atoms with Crippen LogP contribution in [0.15, 0.2) is 42.5 Å². The highest BCUT2D eigenvalue weighted by Crippen LogP contribution is 2.32. The van der Waals surface area contributed by atoms with Gasteiger partial charge < -0.3 is 53.3 Å². The van der Waals surface area contributed by atoms with Crippen molar-refractivity contribution in [3.05, 3.63) is 59.2 Å². The van der Waals surface area contributed by atoms with Crippen LogP contribution in [0.5, 0.6) is 0 Å². The molecule has 1 saturated heterocycles. The Kier molecular flexibility index (Phi) is 23.1. The van der Waals surface area contributed by atoms with Gasteiger partial charge in [-0.1, -0.05) is 19.4 Å². The van der Waals surface area contributed by atoms with E-state index in [2.05, 4.69) is 22.9 Å². The van der Waals surface area contributed by atoms with Crippen LogP contribution in [0, 0.1) is 0 Å². The van der Waals surface area contributed by atoms with Crippen molar-refractivity contribution in [2.45, 2.75) is 38.6 Å². The van der Waals surface area contributed by atoms with Gasteiger partial charge in [-0.2, -0.15) is 0 Å². The third kappa shape index (κ3) is 17.2. The van der Waals surface area contributed by atoms with Gasteiger partial charge in [-0.25, -0.2) is 4.79 Å². The minimum absolute atomic E-state index is 0.0620. The van der Waals surface area contributed by atoms with Crippen LogP contribution >= 0.6 is 0 Å². The molecule has 0 aliphatic carbocycles. The summed E-state index contributed by atoms with van der Waals surface area (Å²) in [5.74, 6) is -2.56. The lowest BCUT2D eigenvalue weighted by Crippen LogP contribution is -2.54. The maximum atomic E-state index is 13.2. The zero-order valence-corrected chi connectivity index (χ0v) is 34.5. The third-order valence-electron chi connectivity index (χ3n) is 9.07. The Labute approximate surface area is 351 Å². The molecule has 2 aromatic rings. The van der Waals surface area contributed by atoms with Crippen LogP contribution < -0.4 is 16.0 Å². The number of unbranched alkanes of at least 4 members (excludes halogenated alkanes) is 1. The molecule has 4 rings (SSSR count). The van der Waals surface area contributed by atoms with E-state index in [-0.39, 0.29) is 36.5 Å². The zero-order valence-electron chi connectivity index (χ0n) is 34.5. The Morgan fingerprint density at radius 3 is 1.67 bits per heavy atom. The Hall–Kier alpha value is -4.53. The molecule has 1 atom stereocenters. The van der Waals surface area contributed by atoms with E-state index in [4.69, 9.17) is 42.6 Å². The summed E-state index contributed by atoms with van der Waals surface area (Å²) in [5.41, 5.74) is 2.38. The van der Waals surface area contributed by atoms with Crippen molar-refractivity contribution in [3.63, 3.8) is 0 Å². The van der Waals surface area contributed by atoms with Crippen molar-refractivity contribution in [3.8, 4) is 0 Å². The average Bonchev–Trinajstić information content (AvgIpc) is 3.50. The highest BCUT2D eigenvalue weighted by Gasteiger charge is 2.45. The molecule has 1 unspecified atom stereocenters. The number of ether oxygens (including phenoxy) is 9. The average molecular weight is 845 g/mol. The lowest BCUT2D eigenvalue weighted by atomic mass is 10.0. The molecule has 18 nitrogen and oxygen atoms in total. The number of hydrogen-bond donors (Lipinski definition) is 3. The van der Waals surface area contributed by atoms with Gasteiger partial charge in [0.2, 0.25) is 11.8 Å². The molecule has 2 aliphatic heterocycles. The van der Waals surface area contributed by atoms with Gasteiger partial charge in [-0.15, -0.1) is 0 Å². The van der Waals surface area contributed by atoms with E-state index in [1.807, 2.05) is 12.1 Å². The minimum atomic E-state index is -1.02. The standard InChI is InChI=1S/C42H60N4O14/c1-2-3-13-43-33-9-7-32(8-10-33)42(51)60-31-30-59-29-28-58-27-26-57-25-24-56-23-22-55-21-20-54-19-18-53-17-16-52-15-14-44-35-6-4-5-34-38(35)41(50)46(40(34)49)36-11-12-37(47)45-39(36)48/h4-10,36,43-44H,2-3,11-31H2,1H3,(H,45,47,48). The number of benzene rings is 2. The summed E-state index contributed by atoms with van der Waals surface area (Å²) in [4.78, 5) is 63.1. The van der Waals surface area contributed by atoms with Crippen LogP contribution in [-0.4, -0.2) is 166 Å². The fourth-order valence-corrected chi connectivity index (χ4v) is 5.97. The number of carbonyl (C=O) groups is 5. The summed E-state index contributed by atoms with van der Waals surface area (Å²) < 4.78 is 49.3. The summed E-state index contributed by atoms with van der Waals surface area (Å²) in [6.45, 7) is 10.1. The zero-order chi connectivity index (χ0) is 42.6. The highest BCUT2D eigenvalue weighted by atomic mass is 16.6. The van der Waals surface area contributed by atoms with E-state index in [1.54, 1.807) is 30.3 Å². The maximum Gasteiger partial charge on any atom is 0.338 e. The fraction of sp³-hybridized carbons (Fsp3) is 0.595. The first-order valence-corrected chi connectivity index (χ1v) is 20.6. The largest absolute Gasteiger partial charge is 0.460 e. The maximum absolute atomic E-state index is 13.2. The molecule has 2 aliphatic rings. The predicted octanol–water partition coefficient (Wildman–Crippen LogP) is 2.70. The van der Waals surface area contributed by atoms with Gasteiger partial charge in [0, 0.05) is 30.9 Å². The number of rotatable bonds is 34. The van der Waals surface area contributed by atoms with Crippen LogP contribution in [0.25, 0.3) is 0 Å². The number of esters is 1. The van der Waals surface area contributed by atoms with Gasteiger partial charge >= 0.3 is 5.97 Å². The molecule has 2 aromatic carbocycles. The first kappa shape index (κ1) is 48.1. The molecule has 0 bridgehead atoms. The number of amides is 4. The van der Waals surface area contributed by atoms with Crippen LogP contribution in [0.2, 0.25) is 0 Å². The normalized spacial score (nSPS) is 15.0. The molecule has 0 saturated carbocycles. The van der Waals surface area contributed by atoms with E-state index in [0.29, 0.717) is 124 Å². The van der Waals surface area contributed by atoms with Gasteiger partial charge in [0.1, 0.15) is 12.6 Å². The molecular weight excluding hydrogens is 784 g/mol. The van der Waals surface area contributed by atoms with E-state index >= 15 is 0 Å². The van der Waals surface area contributed by atoms with Crippen molar-refractivity contribution in [2.24, 2.45) is 0 Å². The lowest BCUT2D eigenvalue weighted by molar-refractivity contribution is -0.136. The smallest absolute Gasteiger partial charge is 0.338 e. The molecule has 1 fully saturated rings. The Morgan fingerprint density at radius 2 is 1.15 bits per heavy atom. The number of carbonyl (C=O) groups excluding carboxylic acids is 5. The molecule has 0 aromatic heterocycles. The molecule has 4 amide bonds. The van der Waals surface area contributed by atoms with Gasteiger partial charge in [0.15, 0.2) is 0 Å². The van der Waals surface area contributed by atoms with Gasteiger partial charge in [0.05, 0.1) is 122 Å². The lowest BCUT2D eigenvalue weighted by Gasteiger charge is -2.27. The summed E-state index contributed by atoms with van der Waals surface area (Å²) in [6, 6.07) is 11.1. The van der Waals surface area contributed by atoms with E-state index in [0.717, 1.165) is 30.0 Å². The number of fused-ring (bicyclic) bond motifs is 1. The van der Waals surface area contributed by atoms with Crippen molar-refractivity contribution in [1.82, 2.24) is 10.2 Å². The van der Waals surface area contributed by atoms with E-state index in [1.165, 1.54) is 0 Å². The number of nitrogens with zero attached hydrogens (tertiary/aromatic N) is 1. The summed E-state index contributed by atoms with van der Waals surface area (Å²) in [6.07, 6.45) is 2.38. The quantitative estimate of drug-likeness (QED) is 0.0526. The Morgan fingerprint density at radius 1 is 0.633 bits per heavy atom. The number of anilines is 2. The predicted molar refractivity (Wildman–Crippen MR) is 218 cm³/mol. The second-order valence-corrected chi connectivity index (χ2v) is 13.5. The van der Waals surface area contributed by atoms with Crippen molar-refractivity contribution in [1.29, 1.82) is 0 Å². The van der Waals surface area contributed by atoms with Crippen LogP contribution in [0.3, 0.4) is 0 Å². The van der Waals surface area contributed by atoms with Gasteiger partial charge in [0.25, 0.3) is 11.8 Å². The fourth-order valence-electron chi connectivity index (χ4n) is 5.97. The molecule has 0 radical (unpaired) electrons. The number of hydrogen-bond acceptors (Lipinski definition) is 16. The van der Waals surface area contributed by atoms with Gasteiger partial charge in [-0.05, 0) is 49.2 Å². The molecule has 2 heterocycles. The molecule has 18 heteroatoms. The van der Waals surface area contributed by atoms with Crippen molar-refractivity contribution >= 4 is 41.0 Å². The summed E-state index contributed by atoms with van der Waals surface area (Å²) in [5, 5.41) is 8.64. The third-order valence-corrected chi connectivity index (χ3v) is 9.07. The number of imide groups is 2. The second kappa shape index (κ2) is 28.9. The van der Waals surface area contributed by atoms with Crippen LogP contribution in [0.4, 0.5) is 11.4 Å². The summed E-state index contributed by atoms with van der Waals surface area (Å²) >= 11 is 0. The van der Waals surface area contributed by atoms with E-state index in [9.17, 15) is 24.0 Å². The second-order valence-electron chi connectivity index (χ2n) is 13.5. The molecule has 3 N–H and O–H groups in total. The number of nitrogens with one attached hydrogen (secondary N) is 3. The van der Waals surface area contributed by atoms with Gasteiger partial charge in [-0.3, -0.25) is 29.4 Å². The Balaban J connectivity index is 0.844. The van der Waals surface area contributed by atoms with Crippen LogP contribution in [0.1, 0.15) is 63.7 Å².